The summed E-state index contributed by atoms with van der Waals surface area (Å²) < 4.78 is 31.0. The van der Waals surface area contributed by atoms with Crippen LogP contribution in [0, 0.1) is 0 Å². The van der Waals surface area contributed by atoms with E-state index in [0.29, 0.717) is 0 Å². The fourth-order valence-corrected chi connectivity index (χ4v) is 2.93. The highest BCUT2D eigenvalue weighted by molar-refractivity contribution is 7.89. The Morgan fingerprint density at radius 3 is 2.50 bits per heavy atom. The predicted octanol–water partition coefficient (Wildman–Crippen LogP) is -0.283. The lowest BCUT2D eigenvalue weighted by Gasteiger charge is -2.14. The molecule has 0 aromatic heterocycles. The van der Waals surface area contributed by atoms with Gasteiger partial charge in [-0.3, -0.25) is 25.2 Å². The molecule has 9 nitrogen and oxygen atoms in total. The van der Waals surface area contributed by atoms with Crippen LogP contribution >= 0.6 is 11.6 Å². The molecule has 132 valence electrons. The number of benzene rings is 1. The van der Waals surface area contributed by atoms with Crippen LogP contribution in [0.1, 0.15) is 13.8 Å². The third kappa shape index (κ3) is 6.52. The van der Waals surface area contributed by atoms with Crippen molar-refractivity contribution in [3.63, 3.8) is 0 Å². The molecule has 1 aromatic rings. The lowest BCUT2D eigenvalue weighted by molar-refractivity contribution is -0.150. The van der Waals surface area contributed by atoms with Crippen LogP contribution in [0.4, 0.5) is 0 Å². The van der Waals surface area contributed by atoms with Gasteiger partial charge < -0.3 is 4.74 Å². The van der Waals surface area contributed by atoms with E-state index in [-0.39, 0.29) is 9.92 Å². The summed E-state index contributed by atoms with van der Waals surface area (Å²) in [6.45, 7) is 1.76. The molecule has 0 aliphatic carbocycles. The molecule has 0 fully saturated rings. The monoisotopic (exact) mass is 377 g/mol. The van der Waals surface area contributed by atoms with Gasteiger partial charge in [0.05, 0.1) is 4.90 Å². The van der Waals surface area contributed by atoms with Gasteiger partial charge >= 0.3 is 5.97 Å². The highest BCUT2D eigenvalue weighted by atomic mass is 35.5. The zero-order valence-corrected chi connectivity index (χ0v) is 14.4. The van der Waals surface area contributed by atoms with Crippen molar-refractivity contribution >= 4 is 39.4 Å². The van der Waals surface area contributed by atoms with E-state index in [2.05, 4.69) is 9.46 Å². The summed E-state index contributed by atoms with van der Waals surface area (Å²) >= 11 is 5.73. The van der Waals surface area contributed by atoms with Gasteiger partial charge in [0.2, 0.25) is 15.9 Å². The van der Waals surface area contributed by atoms with Gasteiger partial charge in [-0.25, -0.2) is 8.42 Å². The first-order chi connectivity index (χ1) is 11.1. The molecule has 1 aromatic carbocycles. The van der Waals surface area contributed by atoms with E-state index in [9.17, 15) is 22.8 Å². The quantitative estimate of drug-likeness (QED) is 0.461. The van der Waals surface area contributed by atoms with Gasteiger partial charge in [-0.1, -0.05) is 17.7 Å². The second kappa shape index (κ2) is 8.62. The van der Waals surface area contributed by atoms with Crippen molar-refractivity contribution in [1.82, 2.24) is 15.6 Å². The maximum absolute atomic E-state index is 12.1. The Morgan fingerprint density at radius 1 is 1.25 bits per heavy atom. The summed E-state index contributed by atoms with van der Waals surface area (Å²) in [5.41, 5.74) is 4.00. The number of nitrogens with one attached hydrogen (secondary N) is 3. The van der Waals surface area contributed by atoms with E-state index in [4.69, 9.17) is 11.6 Å². The molecule has 0 aliphatic heterocycles. The number of sulfonamides is 1. The topological polar surface area (TPSA) is 131 Å². The number of esters is 1. The number of hydrogen-bond acceptors (Lipinski definition) is 6. The zero-order chi connectivity index (χ0) is 18.3. The minimum Gasteiger partial charge on any atom is -0.454 e. The third-order valence-corrected chi connectivity index (χ3v) is 4.29. The molecule has 0 saturated carbocycles. The smallest absolute Gasteiger partial charge is 0.324 e. The van der Waals surface area contributed by atoms with Crippen molar-refractivity contribution in [1.29, 1.82) is 0 Å². The number of hydrogen-bond donors (Lipinski definition) is 3. The van der Waals surface area contributed by atoms with E-state index in [1.165, 1.54) is 38.1 Å². The molecule has 2 amide bonds. The average Bonchev–Trinajstić information content (AvgIpc) is 2.50. The fourth-order valence-electron chi connectivity index (χ4n) is 1.44. The average molecular weight is 378 g/mol. The zero-order valence-electron chi connectivity index (χ0n) is 12.8. The molecule has 0 spiro atoms. The second-order valence-electron chi connectivity index (χ2n) is 4.64. The summed E-state index contributed by atoms with van der Waals surface area (Å²) in [5.74, 6) is -2.24. The van der Waals surface area contributed by atoms with E-state index in [0.717, 1.165) is 0 Å². The van der Waals surface area contributed by atoms with Crippen LogP contribution < -0.4 is 15.6 Å². The molecule has 1 rings (SSSR count). The molecular formula is C13H16ClN3O6S. The Hall–Kier alpha value is -2.17. The van der Waals surface area contributed by atoms with Gasteiger partial charge in [-0.05, 0) is 25.1 Å². The Balaban J connectivity index is 2.57. The van der Waals surface area contributed by atoms with E-state index in [1.807, 2.05) is 10.9 Å². The maximum atomic E-state index is 12.1. The van der Waals surface area contributed by atoms with Crippen LogP contribution in [0.2, 0.25) is 5.02 Å². The number of carbonyl (C=O) groups is 3. The van der Waals surface area contributed by atoms with Gasteiger partial charge in [0.1, 0.15) is 6.04 Å². The molecule has 24 heavy (non-hydrogen) atoms. The first kappa shape index (κ1) is 19.9. The Morgan fingerprint density at radius 2 is 1.92 bits per heavy atom. The number of hydrazine groups is 1. The number of rotatable bonds is 6. The SMILES string of the molecule is CC(=O)NNC(=O)COC(=O)[C@H](C)NS(=O)(=O)c1cccc(Cl)c1. The molecule has 0 unspecified atom stereocenters. The summed E-state index contributed by atoms with van der Waals surface area (Å²) in [6.07, 6.45) is 0. The number of amides is 2. The normalized spacial score (nSPS) is 12.1. The van der Waals surface area contributed by atoms with Crippen molar-refractivity contribution in [2.24, 2.45) is 0 Å². The molecule has 0 saturated heterocycles. The summed E-state index contributed by atoms with van der Waals surface area (Å²) in [7, 11) is -3.98. The van der Waals surface area contributed by atoms with Crippen molar-refractivity contribution in [3.8, 4) is 0 Å². The molecule has 0 heterocycles. The van der Waals surface area contributed by atoms with Gasteiger partial charge in [0, 0.05) is 11.9 Å². The lowest BCUT2D eigenvalue weighted by Crippen LogP contribution is -2.44. The summed E-state index contributed by atoms with van der Waals surface area (Å²) in [6, 6.07) is 4.26. The molecule has 11 heteroatoms. The third-order valence-electron chi connectivity index (χ3n) is 2.52. The van der Waals surface area contributed by atoms with E-state index in [1.54, 1.807) is 0 Å². The van der Waals surface area contributed by atoms with Crippen LogP contribution in [-0.2, 0) is 29.1 Å². The van der Waals surface area contributed by atoms with Crippen LogP contribution in [0.25, 0.3) is 0 Å². The standard InChI is InChI=1S/C13H16ClN3O6S/c1-8(13(20)23-7-12(19)16-15-9(2)18)17-24(21,22)11-5-3-4-10(14)6-11/h3-6,8,17H,7H2,1-2H3,(H,15,18)(H,16,19)/t8-/m0/s1. The van der Waals surface area contributed by atoms with Gasteiger partial charge in [0.15, 0.2) is 6.61 Å². The number of halogens is 1. The minimum atomic E-state index is -3.98. The van der Waals surface area contributed by atoms with E-state index < -0.39 is 40.5 Å². The summed E-state index contributed by atoms with van der Waals surface area (Å²) in [5, 5.41) is 0.225. The summed E-state index contributed by atoms with van der Waals surface area (Å²) in [4.78, 5) is 33.5. The molecular weight excluding hydrogens is 362 g/mol. The second-order valence-corrected chi connectivity index (χ2v) is 6.79. The van der Waals surface area contributed by atoms with Crippen LogP contribution in [-0.4, -0.2) is 38.9 Å². The first-order valence-electron chi connectivity index (χ1n) is 6.62. The highest BCUT2D eigenvalue weighted by Crippen LogP contribution is 2.15. The maximum Gasteiger partial charge on any atom is 0.324 e. The van der Waals surface area contributed by atoms with Gasteiger partial charge in [-0.15, -0.1) is 0 Å². The predicted molar refractivity (Wildman–Crippen MR) is 84.2 cm³/mol. The Kier molecular flexibility index (Phi) is 7.14. The minimum absolute atomic E-state index is 0.113. The van der Waals surface area contributed by atoms with Crippen LogP contribution in [0.5, 0.6) is 0 Å². The van der Waals surface area contributed by atoms with E-state index >= 15 is 0 Å². The molecule has 0 aliphatic rings. The molecule has 1 atom stereocenters. The lowest BCUT2D eigenvalue weighted by atomic mass is 10.4. The molecule has 0 bridgehead atoms. The Labute approximate surface area is 143 Å². The Bertz CT molecular complexity index is 737. The van der Waals surface area contributed by atoms with Crippen molar-refractivity contribution in [2.75, 3.05) is 6.61 Å². The van der Waals surface area contributed by atoms with Crippen LogP contribution in [0.3, 0.4) is 0 Å². The van der Waals surface area contributed by atoms with Crippen molar-refractivity contribution in [2.45, 2.75) is 24.8 Å². The first-order valence-corrected chi connectivity index (χ1v) is 8.48. The highest BCUT2D eigenvalue weighted by Gasteiger charge is 2.23. The largest absolute Gasteiger partial charge is 0.454 e. The van der Waals surface area contributed by atoms with Crippen LogP contribution in [0.15, 0.2) is 29.2 Å². The number of carbonyl (C=O) groups excluding carboxylic acids is 3. The van der Waals surface area contributed by atoms with Gasteiger partial charge in [-0.2, -0.15) is 4.72 Å². The fraction of sp³-hybridized carbons (Fsp3) is 0.308. The number of ether oxygens (including phenoxy) is 1. The van der Waals surface area contributed by atoms with Crippen molar-refractivity contribution < 1.29 is 27.5 Å². The molecule has 0 radical (unpaired) electrons. The van der Waals surface area contributed by atoms with Crippen molar-refractivity contribution in [3.05, 3.63) is 29.3 Å². The van der Waals surface area contributed by atoms with Gasteiger partial charge in [0.25, 0.3) is 5.91 Å². The molecule has 3 N–H and O–H groups in total.